The van der Waals surface area contributed by atoms with Crippen LogP contribution in [0.2, 0.25) is 0 Å². The van der Waals surface area contributed by atoms with Gasteiger partial charge in [0.2, 0.25) is 0 Å². The normalized spacial score (nSPS) is 21.0. The minimum absolute atomic E-state index is 0.111. The Morgan fingerprint density at radius 2 is 1.83 bits per heavy atom. The van der Waals surface area contributed by atoms with E-state index in [1.165, 1.54) is 7.11 Å². The number of rotatable bonds is 4. The summed E-state index contributed by atoms with van der Waals surface area (Å²) in [7, 11) is 1.47. The van der Waals surface area contributed by atoms with Gasteiger partial charge in [-0.05, 0) is 25.0 Å². The fourth-order valence-corrected chi connectivity index (χ4v) is 3.48. The summed E-state index contributed by atoms with van der Waals surface area (Å²) in [6.07, 6.45) is 2.18. The maximum atomic E-state index is 11.2. The highest BCUT2D eigenvalue weighted by atomic mass is 16.8. The quantitative estimate of drug-likeness (QED) is 0.814. The first-order valence-electron chi connectivity index (χ1n) is 8.15. The summed E-state index contributed by atoms with van der Waals surface area (Å²) in [6.45, 7) is 5.55. The zero-order valence-electron chi connectivity index (χ0n) is 13.5. The smallest absolute Gasteiger partial charge is 0.180 e. The van der Waals surface area contributed by atoms with Crippen LogP contribution >= 0.6 is 0 Å². The molecule has 3 rings (SSSR count). The van der Waals surface area contributed by atoms with Crippen LogP contribution in [0.5, 0.6) is 5.75 Å². The molecule has 7 heteroatoms. The first-order chi connectivity index (χ1) is 11.2. The molecule has 23 heavy (non-hydrogen) atoms. The Balaban J connectivity index is 1.64. The van der Waals surface area contributed by atoms with Crippen LogP contribution in [-0.2, 0) is 4.74 Å². The second-order valence-electron chi connectivity index (χ2n) is 6.04. The molecule has 2 fully saturated rings. The first kappa shape index (κ1) is 16.5. The summed E-state index contributed by atoms with van der Waals surface area (Å²) >= 11 is 0. The summed E-state index contributed by atoms with van der Waals surface area (Å²) in [5.41, 5.74) is 1.03. The monoisotopic (exact) mass is 322 g/mol. The summed E-state index contributed by atoms with van der Waals surface area (Å²) in [4.78, 5) is 4.75. The van der Waals surface area contributed by atoms with Crippen molar-refractivity contribution in [3.63, 3.8) is 0 Å². The minimum atomic E-state index is -1.20. The van der Waals surface area contributed by atoms with Crippen LogP contribution in [0.15, 0.2) is 18.2 Å². The molecule has 128 valence electrons. The number of nitrogens with one attached hydrogen (secondary N) is 1. The number of hydrogen-bond acceptors (Lipinski definition) is 6. The van der Waals surface area contributed by atoms with E-state index < -0.39 is 5.23 Å². The summed E-state index contributed by atoms with van der Waals surface area (Å²) in [6, 6.07) is 5.88. The van der Waals surface area contributed by atoms with E-state index in [0.29, 0.717) is 11.8 Å². The summed E-state index contributed by atoms with van der Waals surface area (Å²) in [5.74, 6) is 0.344. The SMILES string of the molecule is COc1ccc(N2CCC(N3CCOCC3)CC2)cc1[NH+]([O-])[O-]. The second-order valence-corrected chi connectivity index (χ2v) is 6.04. The molecule has 2 heterocycles. The predicted molar refractivity (Wildman–Crippen MR) is 88.0 cm³/mol. The standard InChI is InChI=1S/C16H24N3O4/c1-22-16-3-2-14(12-15(16)19(20)21)17-6-4-13(5-7-17)18-8-10-23-11-9-18/h2-3,12-13,19H,4-11H2,1H3/q-1. The average Bonchev–Trinajstić information content (AvgIpc) is 2.62. The lowest BCUT2D eigenvalue weighted by atomic mass is 10.0. The van der Waals surface area contributed by atoms with E-state index in [1.807, 2.05) is 6.07 Å². The molecule has 0 bridgehead atoms. The van der Waals surface area contributed by atoms with Crippen molar-refractivity contribution in [3.8, 4) is 5.75 Å². The topological polar surface area (TPSA) is 75.5 Å². The highest BCUT2D eigenvalue weighted by Gasteiger charge is 2.26. The molecular weight excluding hydrogens is 298 g/mol. The number of piperidine rings is 1. The Kier molecular flexibility index (Phi) is 5.34. The van der Waals surface area contributed by atoms with Gasteiger partial charge in [0.05, 0.1) is 20.3 Å². The van der Waals surface area contributed by atoms with Crippen LogP contribution < -0.4 is 14.9 Å². The van der Waals surface area contributed by atoms with Crippen LogP contribution in [0.1, 0.15) is 12.8 Å². The Morgan fingerprint density at radius 3 is 2.43 bits per heavy atom. The molecule has 0 atom stereocenters. The largest absolute Gasteiger partial charge is 0.628 e. The molecule has 0 spiro atoms. The van der Waals surface area contributed by atoms with Gasteiger partial charge in [0.25, 0.3) is 0 Å². The zero-order valence-corrected chi connectivity index (χ0v) is 13.5. The highest BCUT2D eigenvalue weighted by molar-refractivity contribution is 5.60. The van der Waals surface area contributed by atoms with Gasteiger partial charge < -0.3 is 30.0 Å². The third kappa shape index (κ3) is 3.76. The van der Waals surface area contributed by atoms with Gasteiger partial charge in [0, 0.05) is 44.0 Å². The van der Waals surface area contributed by atoms with E-state index >= 15 is 0 Å². The van der Waals surface area contributed by atoms with Gasteiger partial charge in [-0.25, -0.2) is 0 Å². The number of hydrogen-bond donors (Lipinski definition) is 1. The van der Waals surface area contributed by atoms with E-state index in [0.717, 1.165) is 57.9 Å². The van der Waals surface area contributed by atoms with Crippen LogP contribution in [0.4, 0.5) is 11.4 Å². The van der Waals surface area contributed by atoms with E-state index in [2.05, 4.69) is 9.80 Å². The lowest BCUT2D eigenvalue weighted by Gasteiger charge is -2.41. The average molecular weight is 322 g/mol. The molecule has 1 N–H and O–H groups in total. The maximum absolute atomic E-state index is 11.2. The van der Waals surface area contributed by atoms with E-state index in [1.54, 1.807) is 12.1 Å². The van der Waals surface area contributed by atoms with E-state index in [9.17, 15) is 10.4 Å². The van der Waals surface area contributed by atoms with Gasteiger partial charge in [0.15, 0.2) is 11.4 Å². The number of benzene rings is 1. The predicted octanol–water partition coefficient (Wildman–Crippen LogP) is 0.508. The molecule has 2 aliphatic rings. The van der Waals surface area contributed by atoms with Gasteiger partial charge in [-0.3, -0.25) is 4.90 Å². The third-order valence-electron chi connectivity index (χ3n) is 4.79. The van der Waals surface area contributed by atoms with Crippen molar-refractivity contribution < 1.29 is 14.7 Å². The van der Waals surface area contributed by atoms with Crippen LogP contribution in [0.3, 0.4) is 0 Å². The van der Waals surface area contributed by atoms with Gasteiger partial charge in [0.1, 0.15) is 0 Å². The molecule has 0 radical (unpaired) electrons. The lowest BCUT2D eigenvalue weighted by molar-refractivity contribution is -0.715. The number of methoxy groups -OCH3 is 1. The molecule has 0 aromatic heterocycles. The van der Waals surface area contributed by atoms with Gasteiger partial charge >= 0.3 is 0 Å². The highest BCUT2D eigenvalue weighted by Crippen LogP contribution is 2.29. The van der Waals surface area contributed by atoms with Crippen molar-refractivity contribution in [1.29, 1.82) is 0 Å². The van der Waals surface area contributed by atoms with Crippen molar-refractivity contribution in [2.45, 2.75) is 18.9 Å². The zero-order chi connectivity index (χ0) is 16.2. The van der Waals surface area contributed by atoms with Crippen molar-refractivity contribution in [2.24, 2.45) is 0 Å². The number of quaternary nitrogens is 1. The van der Waals surface area contributed by atoms with Gasteiger partial charge in [-0.2, -0.15) is 0 Å². The molecule has 0 amide bonds. The molecule has 0 unspecified atom stereocenters. The molecule has 0 saturated carbocycles. The lowest BCUT2D eigenvalue weighted by Crippen LogP contribution is -2.96. The van der Waals surface area contributed by atoms with Crippen LogP contribution in [0.25, 0.3) is 0 Å². The van der Waals surface area contributed by atoms with Crippen molar-refractivity contribution in [3.05, 3.63) is 28.6 Å². The number of morpholine rings is 1. The van der Waals surface area contributed by atoms with Gasteiger partial charge in [-0.1, -0.05) is 0 Å². The first-order valence-corrected chi connectivity index (χ1v) is 8.15. The number of ether oxygens (including phenoxy) is 2. The molecule has 1 aromatic carbocycles. The summed E-state index contributed by atoms with van der Waals surface area (Å²) in [5, 5.41) is 21.3. The van der Waals surface area contributed by atoms with Crippen LogP contribution in [0, 0.1) is 10.4 Å². The number of anilines is 1. The fourth-order valence-electron chi connectivity index (χ4n) is 3.48. The Labute approximate surface area is 136 Å². The van der Waals surface area contributed by atoms with Crippen molar-refractivity contribution in [1.82, 2.24) is 4.90 Å². The molecule has 0 aliphatic carbocycles. The third-order valence-corrected chi connectivity index (χ3v) is 4.79. The van der Waals surface area contributed by atoms with Crippen molar-refractivity contribution in [2.75, 3.05) is 51.4 Å². The molecule has 7 nitrogen and oxygen atoms in total. The molecule has 2 saturated heterocycles. The van der Waals surface area contributed by atoms with Gasteiger partial charge in [-0.15, -0.1) is 0 Å². The molecule has 1 aromatic rings. The Hall–Kier alpha value is -1.38. The molecule has 2 aliphatic heterocycles. The van der Waals surface area contributed by atoms with Crippen LogP contribution in [-0.4, -0.2) is 57.4 Å². The maximum Gasteiger partial charge on any atom is 0.180 e. The summed E-state index contributed by atoms with van der Waals surface area (Å²) < 4.78 is 10.5. The number of nitrogens with zero attached hydrogens (tertiary/aromatic N) is 2. The Bertz CT molecular complexity index is 512. The van der Waals surface area contributed by atoms with E-state index in [-0.39, 0.29) is 5.69 Å². The molecular formula is C16H24N3O4-. The fraction of sp³-hybridized carbons (Fsp3) is 0.625. The second kappa shape index (κ2) is 7.46. The van der Waals surface area contributed by atoms with Crippen molar-refractivity contribution >= 4 is 11.4 Å². The Morgan fingerprint density at radius 1 is 1.13 bits per heavy atom. The van der Waals surface area contributed by atoms with E-state index in [4.69, 9.17) is 9.47 Å². The minimum Gasteiger partial charge on any atom is -0.628 e.